The van der Waals surface area contributed by atoms with E-state index in [9.17, 15) is 4.21 Å². The fourth-order valence-corrected chi connectivity index (χ4v) is 3.95. The van der Waals surface area contributed by atoms with E-state index in [1.165, 1.54) is 6.20 Å². The van der Waals surface area contributed by atoms with Gasteiger partial charge in [-0.3, -0.25) is 4.21 Å². The van der Waals surface area contributed by atoms with Gasteiger partial charge in [-0.25, -0.2) is 4.98 Å². The molecular formula is C11H8ClN3OS. The van der Waals surface area contributed by atoms with Gasteiger partial charge in [-0.05, 0) is 18.1 Å². The molecule has 17 heavy (non-hydrogen) atoms. The Labute approximate surface area is 106 Å². The van der Waals surface area contributed by atoms with E-state index < -0.39 is 21.5 Å². The summed E-state index contributed by atoms with van der Waals surface area (Å²) in [5, 5.41) is 18.1. The fraction of sp³-hybridized carbons (Fsp3) is 0.364. The van der Waals surface area contributed by atoms with E-state index in [2.05, 4.69) is 4.98 Å². The molecule has 2 heterocycles. The fourth-order valence-electron chi connectivity index (χ4n) is 1.97. The lowest BCUT2D eigenvalue weighted by Gasteiger charge is -2.19. The minimum atomic E-state index is -1.22. The molecule has 0 radical (unpaired) electrons. The highest BCUT2D eigenvalue weighted by Gasteiger charge is 2.49. The average molecular weight is 266 g/mol. The summed E-state index contributed by atoms with van der Waals surface area (Å²) in [6.07, 6.45) is 1.82. The molecule has 0 spiro atoms. The summed E-state index contributed by atoms with van der Waals surface area (Å²) in [6.45, 7) is 0. The first-order valence-electron chi connectivity index (χ1n) is 4.94. The van der Waals surface area contributed by atoms with Gasteiger partial charge < -0.3 is 0 Å². The molecule has 1 aliphatic heterocycles. The zero-order valence-corrected chi connectivity index (χ0v) is 10.3. The molecule has 2 unspecified atom stereocenters. The topological polar surface area (TPSA) is 77.5 Å². The summed E-state index contributed by atoms with van der Waals surface area (Å²) in [4.78, 5) is 3.90. The van der Waals surface area contributed by atoms with Crippen molar-refractivity contribution < 1.29 is 4.21 Å². The maximum atomic E-state index is 11.9. The second-order valence-electron chi connectivity index (χ2n) is 3.82. The molecular weight excluding hydrogens is 258 g/mol. The zero-order valence-electron chi connectivity index (χ0n) is 8.76. The quantitative estimate of drug-likeness (QED) is 0.727. The van der Waals surface area contributed by atoms with Gasteiger partial charge in [-0.1, -0.05) is 17.7 Å². The smallest absolute Gasteiger partial charge is 0.163 e. The molecule has 2 atom stereocenters. The van der Waals surface area contributed by atoms with Crippen molar-refractivity contribution in [2.45, 2.75) is 11.7 Å². The number of nitriles is 2. The highest BCUT2D eigenvalue weighted by Crippen LogP contribution is 2.46. The monoisotopic (exact) mass is 265 g/mol. The molecule has 0 aromatic carbocycles. The van der Waals surface area contributed by atoms with Gasteiger partial charge in [0.25, 0.3) is 0 Å². The second kappa shape index (κ2) is 4.44. The van der Waals surface area contributed by atoms with Gasteiger partial charge in [-0.2, -0.15) is 10.5 Å². The number of hydrogen-bond acceptors (Lipinski definition) is 4. The van der Waals surface area contributed by atoms with Crippen molar-refractivity contribution in [3.8, 4) is 12.1 Å². The molecule has 0 amide bonds. The van der Waals surface area contributed by atoms with Crippen LogP contribution in [0.1, 0.15) is 17.2 Å². The summed E-state index contributed by atoms with van der Waals surface area (Å²) in [7, 11) is -1.22. The molecule has 86 valence electrons. The van der Waals surface area contributed by atoms with Gasteiger partial charge >= 0.3 is 0 Å². The highest BCUT2D eigenvalue weighted by molar-refractivity contribution is 7.85. The Kier molecular flexibility index (Phi) is 3.15. The number of hydrogen-bond donors (Lipinski definition) is 0. The average Bonchev–Trinajstić information content (AvgIpc) is 2.68. The van der Waals surface area contributed by atoms with Crippen LogP contribution >= 0.6 is 11.6 Å². The van der Waals surface area contributed by atoms with Crippen LogP contribution < -0.4 is 0 Å². The lowest BCUT2D eigenvalue weighted by Crippen LogP contribution is -2.21. The Morgan fingerprint density at radius 1 is 1.47 bits per heavy atom. The van der Waals surface area contributed by atoms with E-state index in [-0.39, 0.29) is 0 Å². The third-order valence-electron chi connectivity index (χ3n) is 2.86. The lowest BCUT2D eigenvalue weighted by atomic mass is 9.82. The van der Waals surface area contributed by atoms with Crippen LogP contribution in [0.5, 0.6) is 0 Å². The molecule has 1 aromatic heterocycles. The summed E-state index contributed by atoms with van der Waals surface area (Å²) in [6, 6.07) is 7.26. The molecule has 6 heteroatoms. The Hall–Kier alpha value is -1.43. The summed E-state index contributed by atoms with van der Waals surface area (Å²) >= 11 is 5.68. The first-order valence-corrected chi connectivity index (χ1v) is 6.70. The lowest BCUT2D eigenvalue weighted by molar-refractivity contribution is 0.514. The van der Waals surface area contributed by atoms with Crippen LogP contribution in [0, 0.1) is 28.1 Å². The Morgan fingerprint density at radius 3 is 2.71 bits per heavy atom. The minimum Gasteiger partial charge on any atom is -0.259 e. The summed E-state index contributed by atoms with van der Waals surface area (Å²) < 4.78 is 11.9. The largest absolute Gasteiger partial charge is 0.259 e. The van der Waals surface area contributed by atoms with Crippen molar-refractivity contribution >= 4 is 22.4 Å². The maximum absolute atomic E-state index is 11.9. The van der Waals surface area contributed by atoms with Crippen LogP contribution in [0.25, 0.3) is 0 Å². The molecule has 0 bridgehead atoms. The predicted octanol–water partition coefficient (Wildman–Crippen LogP) is 1.96. The second-order valence-corrected chi connectivity index (χ2v) is 5.85. The van der Waals surface area contributed by atoms with Gasteiger partial charge in [-0.15, -0.1) is 0 Å². The summed E-state index contributed by atoms with van der Waals surface area (Å²) in [5.41, 5.74) is -0.575. The van der Waals surface area contributed by atoms with Crippen LogP contribution in [0.2, 0.25) is 5.15 Å². The number of aromatic nitrogens is 1. The van der Waals surface area contributed by atoms with Crippen molar-refractivity contribution in [1.82, 2.24) is 4.98 Å². The van der Waals surface area contributed by atoms with E-state index in [0.29, 0.717) is 22.9 Å². The van der Waals surface area contributed by atoms with Crippen LogP contribution in [0.4, 0.5) is 0 Å². The van der Waals surface area contributed by atoms with Crippen LogP contribution in [-0.2, 0) is 10.8 Å². The van der Waals surface area contributed by atoms with E-state index >= 15 is 0 Å². The van der Waals surface area contributed by atoms with Crippen molar-refractivity contribution in [2.24, 2.45) is 5.41 Å². The Morgan fingerprint density at radius 2 is 2.18 bits per heavy atom. The highest BCUT2D eigenvalue weighted by atomic mass is 35.5. The third kappa shape index (κ3) is 1.93. The van der Waals surface area contributed by atoms with E-state index in [1.54, 1.807) is 12.1 Å². The van der Waals surface area contributed by atoms with Crippen LogP contribution in [-0.4, -0.2) is 14.9 Å². The minimum absolute atomic E-state index is 0.331. The number of nitrogens with zero attached hydrogens (tertiary/aromatic N) is 3. The van der Waals surface area contributed by atoms with Gasteiger partial charge in [0, 0.05) is 22.7 Å². The third-order valence-corrected chi connectivity index (χ3v) is 4.89. The molecule has 1 aliphatic rings. The SMILES string of the molecule is N#CC1(C#N)CCS(=O)C1c1ccc(Cl)nc1. The molecule has 1 fully saturated rings. The first-order chi connectivity index (χ1) is 8.13. The molecule has 2 rings (SSSR count). The van der Waals surface area contributed by atoms with Gasteiger partial charge in [0.2, 0.25) is 0 Å². The number of halogens is 1. The van der Waals surface area contributed by atoms with Crippen molar-refractivity contribution in [1.29, 1.82) is 10.5 Å². The Bertz CT molecular complexity index is 529. The number of rotatable bonds is 1. The van der Waals surface area contributed by atoms with Crippen molar-refractivity contribution in [2.75, 3.05) is 5.75 Å². The normalized spacial score (nSPS) is 26.1. The zero-order chi connectivity index (χ0) is 12.5. The summed E-state index contributed by atoms with van der Waals surface area (Å²) in [5.74, 6) is 0.369. The predicted molar refractivity (Wildman–Crippen MR) is 63.3 cm³/mol. The molecule has 0 N–H and O–H groups in total. The van der Waals surface area contributed by atoms with Crippen LogP contribution in [0.15, 0.2) is 18.3 Å². The van der Waals surface area contributed by atoms with Crippen molar-refractivity contribution in [3.63, 3.8) is 0 Å². The Balaban J connectivity index is 2.49. The molecule has 0 saturated carbocycles. The van der Waals surface area contributed by atoms with Gasteiger partial charge in [0.05, 0.1) is 17.4 Å². The standard InChI is InChI=1S/C11H8ClN3OS/c12-9-2-1-8(5-15-9)10-11(6-13,7-14)3-4-17(10)16/h1-2,5,10H,3-4H2. The molecule has 4 nitrogen and oxygen atoms in total. The van der Waals surface area contributed by atoms with E-state index in [0.717, 1.165) is 0 Å². The van der Waals surface area contributed by atoms with Crippen LogP contribution in [0.3, 0.4) is 0 Å². The van der Waals surface area contributed by atoms with Crippen molar-refractivity contribution in [3.05, 3.63) is 29.0 Å². The first kappa shape index (κ1) is 12.0. The molecule has 1 saturated heterocycles. The van der Waals surface area contributed by atoms with Gasteiger partial charge in [0.15, 0.2) is 5.41 Å². The maximum Gasteiger partial charge on any atom is 0.163 e. The molecule has 0 aliphatic carbocycles. The van der Waals surface area contributed by atoms with E-state index in [4.69, 9.17) is 22.1 Å². The molecule has 1 aromatic rings. The van der Waals surface area contributed by atoms with E-state index in [1.807, 2.05) is 12.1 Å². The van der Waals surface area contributed by atoms with Gasteiger partial charge in [0.1, 0.15) is 5.15 Å². The number of pyridine rings is 1.